The molecule has 6 nitrogen and oxygen atoms in total. The molecule has 1 aromatic carbocycles. The summed E-state index contributed by atoms with van der Waals surface area (Å²) in [4.78, 5) is 33.8. The van der Waals surface area contributed by atoms with E-state index in [-0.39, 0.29) is 17.9 Å². The van der Waals surface area contributed by atoms with Crippen LogP contribution in [-0.2, 0) is 4.79 Å². The molecule has 1 unspecified atom stereocenters. The molecule has 0 bridgehead atoms. The Kier molecular flexibility index (Phi) is 6.27. The molecular weight excluding hydrogens is 328 g/mol. The van der Waals surface area contributed by atoms with E-state index in [1.54, 1.807) is 0 Å². The maximum atomic E-state index is 12.8. The minimum Gasteiger partial charge on any atom is -0.339 e. The van der Waals surface area contributed by atoms with E-state index in [4.69, 9.17) is 0 Å². The van der Waals surface area contributed by atoms with Crippen molar-refractivity contribution in [1.82, 2.24) is 19.6 Å². The van der Waals surface area contributed by atoms with Gasteiger partial charge >= 0.3 is 0 Å². The lowest BCUT2D eigenvalue weighted by atomic mass is 10.1. The molecule has 0 radical (unpaired) electrons. The maximum absolute atomic E-state index is 12.8. The van der Waals surface area contributed by atoms with Crippen LogP contribution in [0.5, 0.6) is 0 Å². The van der Waals surface area contributed by atoms with Crippen LogP contribution in [0.4, 0.5) is 0 Å². The van der Waals surface area contributed by atoms with Gasteiger partial charge in [-0.3, -0.25) is 14.5 Å². The molecule has 6 heteroatoms. The fraction of sp³-hybridized carbons (Fsp3) is 0.600. The molecule has 2 fully saturated rings. The van der Waals surface area contributed by atoms with Crippen molar-refractivity contribution in [2.45, 2.75) is 19.9 Å². The second-order valence-electron chi connectivity index (χ2n) is 7.13. The molecule has 2 aliphatic heterocycles. The molecule has 1 atom stereocenters. The monoisotopic (exact) mass is 358 g/mol. The van der Waals surface area contributed by atoms with Crippen molar-refractivity contribution >= 4 is 11.8 Å². The van der Waals surface area contributed by atoms with E-state index >= 15 is 0 Å². The van der Waals surface area contributed by atoms with Gasteiger partial charge in [-0.1, -0.05) is 25.1 Å². The number of benzene rings is 1. The Morgan fingerprint density at radius 2 is 1.46 bits per heavy atom. The summed E-state index contributed by atoms with van der Waals surface area (Å²) in [6.07, 6.45) is 0. The number of rotatable bonds is 4. The SMILES string of the molecule is CCN1CCN(C(=O)C(C)N2CCN(C(=O)c3ccccc3)CC2)CC1. The summed E-state index contributed by atoms with van der Waals surface area (Å²) in [6, 6.07) is 9.30. The Morgan fingerprint density at radius 3 is 2.04 bits per heavy atom. The van der Waals surface area contributed by atoms with E-state index in [2.05, 4.69) is 16.7 Å². The summed E-state index contributed by atoms with van der Waals surface area (Å²) < 4.78 is 0. The van der Waals surface area contributed by atoms with Crippen molar-refractivity contribution in [3.8, 4) is 0 Å². The van der Waals surface area contributed by atoms with Crippen LogP contribution >= 0.6 is 0 Å². The zero-order valence-electron chi connectivity index (χ0n) is 15.9. The smallest absolute Gasteiger partial charge is 0.253 e. The Balaban J connectivity index is 1.49. The van der Waals surface area contributed by atoms with Gasteiger partial charge in [0.05, 0.1) is 6.04 Å². The lowest BCUT2D eigenvalue weighted by Gasteiger charge is -2.41. The Hall–Kier alpha value is -1.92. The molecule has 0 spiro atoms. The fourth-order valence-corrected chi connectivity index (χ4v) is 3.78. The van der Waals surface area contributed by atoms with Crippen molar-refractivity contribution < 1.29 is 9.59 Å². The van der Waals surface area contributed by atoms with Gasteiger partial charge in [0, 0.05) is 57.9 Å². The number of likely N-dealkylation sites (N-methyl/N-ethyl adjacent to an activating group) is 1. The number of carbonyl (C=O) groups excluding carboxylic acids is 2. The zero-order valence-corrected chi connectivity index (χ0v) is 15.9. The van der Waals surface area contributed by atoms with E-state index in [1.807, 2.05) is 47.1 Å². The van der Waals surface area contributed by atoms with Crippen molar-refractivity contribution in [3.05, 3.63) is 35.9 Å². The highest BCUT2D eigenvalue weighted by molar-refractivity contribution is 5.94. The van der Waals surface area contributed by atoms with Gasteiger partial charge < -0.3 is 14.7 Å². The summed E-state index contributed by atoms with van der Waals surface area (Å²) in [7, 11) is 0. The van der Waals surface area contributed by atoms with E-state index in [0.717, 1.165) is 51.4 Å². The van der Waals surface area contributed by atoms with Gasteiger partial charge in [0.1, 0.15) is 0 Å². The lowest BCUT2D eigenvalue weighted by molar-refractivity contribution is -0.138. The van der Waals surface area contributed by atoms with Crippen LogP contribution in [-0.4, -0.2) is 96.4 Å². The molecular formula is C20H30N4O2. The van der Waals surface area contributed by atoms with Crippen LogP contribution in [0.15, 0.2) is 30.3 Å². The highest BCUT2D eigenvalue weighted by Crippen LogP contribution is 2.13. The van der Waals surface area contributed by atoms with Crippen LogP contribution in [0.25, 0.3) is 0 Å². The summed E-state index contributed by atoms with van der Waals surface area (Å²) in [6.45, 7) is 11.6. The molecule has 2 heterocycles. The first-order valence-corrected chi connectivity index (χ1v) is 9.69. The van der Waals surface area contributed by atoms with E-state index < -0.39 is 0 Å². The molecule has 0 aliphatic carbocycles. The second kappa shape index (κ2) is 8.64. The average molecular weight is 358 g/mol. The molecule has 0 saturated carbocycles. The van der Waals surface area contributed by atoms with Crippen molar-refractivity contribution in [3.63, 3.8) is 0 Å². The number of hydrogen-bond acceptors (Lipinski definition) is 4. The van der Waals surface area contributed by atoms with E-state index in [9.17, 15) is 9.59 Å². The lowest BCUT2D eigenvalue weighted by Crippen LogP contribution is -2.58. The summed E-state index contributed by atoms with van der Waals surface area (Å²) in [5, 5.41) is 0. The summed E-state index contributed by atoms with van der Waals surface area (Å²) in [5.41, 5.74) is 0.735. The van der Waals surface area contributed by atoms with Crippen molar-refractivity contribution in [2.24, 2.45) is 0 Å². The number of piperazine rings is 2. The quantitative estimate of drug-likeness (QED) is 0.806. The maximum Gasteiger partial charge on any atom is 0.253 e. The Bertz CT molecular complexity index is 605. The van der Waals surface area contributed by atoms with E-state index in [1.165, 1.54) is 0 Å². The first-order chi connectivity index (χ1) is 12.6. The van der Waals surface area contributed by atoms with Crippen LogP contribution in [0, 0.1) is 0 Å². The molecule has 142 valence electrons. The standard InChI is InChI=1S/C20H30N4O2/c1-3-21-9-11-23(12-10-21)19(25)17(2)22-13-15-24(16-14-22)20(26)18-7-5-4-6-8-18/h4-8,17H,3,9-16H2,1-2H3. The average Bonchev–Trinajstić information content (AvgIpc) is 2.73. The number of carbonyl (C=O) groups is 2. The normalized spacial score (nSPS) is 20.8. The number of nitrogens with zero attached hydrogens (tertiary/aromatic N) is 4. The van der Waals surface area contributed by atoms with Crippen LogP contribution in [0.3, 0.4) is 0 Å². The largest absolute Gasteiger partial charge is 0.339 e. The third-order valence-corrected chi connectivity index (χ3v) is 5.66. The van der Waals surface area contributed by atoms with Crippen LogP contribution in [0.1, 0.15) is 24.2 Å². The zero-order chi connectivity index (χ0) is 18.5. The third kappa shape index (κ3) is 4.24. The predicted octanol–water partition coefficient (Wildman–Crippen LogP) is 0.997. The van der Waals surface area contributed by atoms with E-state index in [0.29, 0.717) is 13.1 Å². The van der Waals surface area contributed by atoms with Crippen LogP contribution in [0.2, 0.25) is 0 Å². The molecule has 0 aromatic heterocycles. The highest BCUT2D eigenvalue weighted by atomic mass is 16.2. The summed E-state index contributed by atoms with van der Waals surface area (Å²) in [5.74, 6) is 0.309. The van der Waals surface area contributed by atoms with Gasteiger partial charge in [-0.2, -0.15) is 0 Å². The predicted molar refractivity (Wildman–Crippen MR) is 102 cm³/mol. The fourth-order valence-electron chi connectivity index (χ4n) is 3.78. The van der Waals surface area contributed by atoms with Gasteiger partial charge in [-0.05, 0) is 25.6 Å². The van der Waals surface area contributed by atoms with Gasteiger partial charge in [0.2, 0.25) is 5.91 Å². The van der Waals surface area contributed by atoms with Gasteiger partial charge in [-0.15, -0.1) is 0 Å². The van der Waals surface area contributed by atoms with Crippen molar-refractivity contribution in [1.29, 1.82) is 0 Å². The first kappa shape index (κ1) is 18.9. The summed E-state index contributed by atoms with van der Waals surface area (Å²) >= 11 is 0. The van der Waals surface area contributed by atoms with Gasteiger partial charge in [0.25, 0.3) is 5.91 Å². The van der Waals surface area contributed by atoms with Crippen molar-refractivity contribution in [2.75, 3.05) is 58.9 Å². The molecule has 1 aromatic rings. The second-order valence-corrected chi connectivity index (χ2v) is 7.13. The molecule has 3 rings (SSSR count). The Morgan fingerprint density at radius 1 is 0.885 bits per heavy atom. The molecule has 2 amide bonds. The molecule has 2 aliphatic rings. The number of hydrogen-bond donors (Lipinski definition) is 0. The molecule has 2 saturated heterocycles. The molecule has 26 heavy (non-hydrogen) atoms. The van der Waals surface area contributed by atoms with Crippen LogP contribution < -0.4 is 0 Å². The van der Waals surface area contributed by atoms with Gasteiger partial charge in [-0.25, -0.2) is 0 Å². The minimum atomic E-state index is -0.114. The van der Waals surface area contributed by atoms with Gasteiger partial charge in [0.15, 0.2) is 0 Å². The third-order valence-electron chi connectivity index (χ3n) is 5.66. The minimum absolute atomic E-state index is 0.0833. The number of amides is 2. The highest BCUT2D eigenvalue weighted by Gasteiger charge is 2.31. The molecule has 0 N–H and O–H groups in total. The first-order valence-electron chi connectivity index (χ1n) is 9.69. The Labute approximate surface area is 156 Å². The topological polar surface area (TPSA) is 47.1 Å².